The van der Waals surface area contributed by atoms with Crippen LogP contribution in [0.25, 0.3) is 0 Å². The van der Waals surface area contributed by atoms with E-state index in [1.165, 1.54) is 18.2 Å². The minimum absolute atomic E-state index is 0.0884. The van der Waals surface area contributed by atoms with Crippen molar-refractivity contribution in [3.05, 3.63) is 64.2 Å². The Morgan fingerprint density at radius 1 is 1.10 bits per heavy atom. The molecule has 0 spiro atoms. The first-order valence-electron chi connectivity index (χ1n) is 5.73. The number of nitro benzene ring substituents is 1. The van der Waals surface area contributed by atoms with Gasteiger partial charge in [-0.1, -0.05) is 12.1 Å². The molecule has 0 N–H and O–H groups in total. The van der Waals surface area contributed by atoms with Crippen LogP contribution in [0.2, 0.25) is 0 Å². The van der Waals surface area contributed by atoms with Gasteiger partial charge in [0.15, 0.2) is 0 Å². The molecule has 0 saturated heterocycles. The molecule has 0 aliphatic rings. The van der Waals surface area contributed by atoms with Crippen molar-refractivity contribution in [2.75, 3.05) is 0 Å². The summed E-state index contributed by atoms with van der Waals surface area (Å²) in [5, 5.41) is 10.5. The molecule has 0 fully saturated rings. The second-order valence-electron chi connectivity index (χ2n) is 3.91. The molecule has 0 saturated carbocycles. The van der Waals surface area contributed by atoms with E-state index in [2.05, 4.69) is 4.99 Å². The summed E-state index contributed by atoms with van der Waals surface area (Å²) >= 11 is 1.58. The summed E-state index contributed by atoms with van der Waals surface area (Å²) in [7, 11) is 0. The fraction of sp³-hybridized carbons (Fsp3) is 0.0714. The number of nitro groups is 1. The molecule has 0 heterocycles. The monoisotopic (exact) mass is 286 g/mol. The van der Waals surface area contributed by atoms with Gasteiger partial charge in [-0.2, -0.15) is 4.99 Å². The lowest BCUT2D eigenvalue weighted by Gasteiger charge is -2.02. The summed E-state index contributed by atoms with van der Waals surface area (Å²) in [6.45, 7) is 0. The van der Waals surface area contributed by atoms with Crippen LogP contribution in [0.1, 0.15) is 5.56 Å². The zero-order chi connectivity index (χ0) is 14.4. The number of rotatable bonds is 5. The van der Waals surface area contributed by atoms with Gasteiger partial charge in [-0.15, -0.1) is 11.8 Å². The predicted molar refractivity (Wildman–Crippen MR) is 76.9 cm³/mol. The molecule has 2 aromatic carbocycles. The number of nitrogens with zero attached hydrogens (tertiary/aromatic N) is 2. The second-order valence-corrected chi connectivity index (χ2v) is 4.96. The van der Waals surface area contributed by atoms with Gasteiger partial charge in [-0.3, -0.25) is 10.1 Å². The minimum Gasteiger partial charge on any atom is -0.258 e. The summed E-state index contributed by atoms with van der Waals surface area (Å²) in [5.74, 6) is 0.739. The van der Waals surface area contributed by atoms with E-state index in [1.54, 1.807) is 36.0 Å². The topological polar surface area (TPSA) is 72.6 Å². The van der Waals surface area contributed by atoms with Gasteiger partial charge >= 0.3 is 0 Å². The third-order valence-electron chi connectivity index (χ3n) is 2.56. The highest BCUT2D eigenvalue weighted by molar-refractivity contribution is 7.98. The fourth-order valence-electron chi connectivity index (χ4n) is 1.55. The van der Waals surface area contributed by atoms with Crippen LogP contribution in [-0.4, -0.2) is 11.0 Å². The SMILES string of the molecule is O=C=Nc1ccc(CSc2ccc([N+](=O)[O-])cc2)cc1. The van der Waals surface area contributed by atoms with Gasteiger partial charge < -0.3 is 0 Å². The van der Waals surface area contributed by atoms with Crippen LogP contribution in [0.4, 0.5) is 11.4 Å². The van der Waals surface area contributed by atoms with Gasteiger partial charge in [0.05, 0.1) is 10.6 Å². The Morgan fingerprint density at radius 3 is 2.30 bits per heavy atom. The van der Waals surface area contributed by atoms with Crippen LogP contribution >= 0.6 is 11.8 Å². The number of carbonyl (C=O) groups excluding carboxylic acids is 1. The van der Waals surface area contributed by atoms with Crippen LogP contribution in [0.15, 0.2) is 58.4 Å². The first-order chi connectivity index (χ1) is 9.69. The molecule has 2 aromatic rings. The number of isocyanates is 1. The molecule has 20 heavy (non-hydrogen) atoms. The van der Waals surface area contributed by atoms with Crippen molar-refractivity contribution in [1.82, 2.24) is 0 Å². The molecule has 2 rings (SSSR count). The lowest BCUT2D eigenvalue weighted by Crippen LogP contribution is -1.86. The number of benzene rings is 2. The average Bonchev–Trinajstić information content (AvgIpc) is 2.47. The number of hydrogen-bond donors (Lipinski definition) is 0. The van der Waals surface area contributed by atoms with Gasteiger partial charge in [0, 0.05) is 22.8 Å². The Morgan fingerprint density at radius 2 is 1.75 bits per heavy atom. The van der Waals surface area contributed by atoms with E-state index in [1.807, 2.05) is 12.1 Å². The fourth-order valence-corrected chi connectivity index (χ4v) is 2.40. The summed E-state index contributed by atoms with van der Waals surface area (Å²) in [6, 6.07) is 13.7. The van der Waals surface area contributed by atoms with E-state index < -0.39 is 4.92 Å². The lowest BCUT2D eigenvalue weighted by molar-refractivity contribution is -0.384. The lowest BCUT2D eigenvalue weighted by atomic mass is 10.2. The second kappa shape index (κ2) is 6.65. The van der Waals surface area contributed by atoms with Crippen LogP contribution in [0, 0.1) is 10.1 Å². The standard InChI is InChI=1S/C14H10N2O3S/c17-10-15-12-3-1-11(2-4-12)9-20-14-7-5-13(6-8-14)16(18)19/h1-8H,9H2. The van der Waals surface area contributed by atoms with Crippen LogP contribution in [-0.2, 0) is 10.5 Å². The average molecular weight is 286 g/mol. The minimum atomic E-state index is -0.416. The van der Waals surface area contributed by atoms with Crippen molar-refractivity contribution in [3.63, 3.8) is 0 Å². The van der Waals surface area contributed by atoms with Crippen molar-refractivity contribution < 1.29 is 9.72 Å². The van der Waals surface area contributed by atoms with Crippen LogP contribution in [0.5, 0.6) is 0 Å². The zero-order valence-corrected chi connectivity index (χ0v) is 11.2. The molecule has 0 atom stereocenters. The van der Waals surface area contributed by atoms with Crippen molar-refractivity contribution in [2.24, 2.45) is 4.99 Å². The van der Waals surface area contributed by atoms with Gasteiger partial charge in [0.25, 0.3) is 5.69 Å². The molecule has 0 aliphatic heterocycles. The summed E-state index contributed by atoms with van der Waals surface area (Å²) in [6.07, 6.45) is 1.49. The number of thioether (sulfide) groups is 1. The van der Waals surface area contributed by atoms with E-state index in [0.29, 0.717) is 5.69 Å². The first-order valence-corrected chi connectivity index (χ1v) is 6.71. The van der Waals surface area contributed by atoms with Crippen molar-refractivity contribution >= 4 is 29.2 Å². The predicted octanol–water partition coefficient (Wildman–Crippen LogP) is 3.85. The molecule has 0 aliphatic carbocycles. The zero-order valence-electron chi connectivity index (χ0n) is 10.4. The van der Waals surface area contributed by atoms with Crippen LogP contribution < -0.4 is 0 Å². The maximum absolute atomic E-state index is 10.5. The van der Waals surface area contributed by atoms with Crippen molar-refractivity contribution in [3.8, 4) is 0 Å². The van der Waals surface area contributed by atoms with E-state index >= 15 is 0 Å². The molecular formula is C14H10N2O3S. The van der Waals surface area contributed by atoms with Gasteiger partial charge in [0.2, 0.25) is 6.08 Å². The van der Waals surface area contributed by atoms with Gasteiger partial charge in [-0.25, -0.2) is 4.79 Å². The third-order valence-corrected chi connectivity index (χ3v) is 3.65. The first kappa shape index (κ1) is 14.0. The Hall–Kier alpha value is -2.43. The molecule has 0 bridgehead atoms. The number of non-ortho nitro benzene ring substituents is 1. The van der Waals surface area contributed by atoms with E-state index in [9.17, 15) is 14.9 Å². The highest BCUT2D eigenvalue weighted by Crippen LogP contribution is 2.25. The maximum Gasteiger partial charge on any atom is 0.269 e. The summed E-state index contributed by atoms with van der Waals surface area (Å²) in [5.41, 5.74) is 1.74. The normalized spacial score (nSPS) is 9.80. The van der Waals surface area contributed by atoms with E-state index in [-0.39, 0.29) is 5.69 Å². The summed E-state index contributed by atoms with van der Waals surface area (Å²) in [4.78, 5) is 24.7. The maximum atomic E-state index is 10.5. The molecule has 6 heteroatoms. The molecular weight excluding hydrogens is 276 g/mol. The third kappa shape index (κ3) is 3.78. The Bertz CT molecular complexity index is 602. The van der Waals surface area contributed by atoms with E-state index in [0.717, 1.165) is 16.2 Å². The molecule has 5 nitrogen and oxygen atoms in total. The van der Waals surface area contributed by atoms with Crippen LogP contribution in [0.3, 0.4) is 0 Å². The largest absolute Gasteiger partial charge is 0.269 e. The highest BCUT2D eigenvalue weighted by Gasteiger charge is 2.04. The smallest absolute Gasteiger partial charge is 0.258 e. The highest BCUT2D eigenvalue weighted by atomic mass is 32.2. The van der Waals surface area contributed by atoms with Gasteiger partial charge in [0.1, 0.15) is 0 Å². The molecule has 0 aromatic heterocycles. The quantitative estimate of drug-likeness (QED) is 0.275. The molecule has 0 radical (unpaired) electrons. The van der Waals surface area contributed by atoms with E-state index in [4.69, 9.17) is 0 Å². The van der Waals surface area contributed by atoms with Gasteiger partial charge in [-0.05, 0) is 29.8 Å². The Kier molecular flexibility index (Phi) is 4.65. The van der Waals surface area contributed by atoms with Crippen molar-refractivity contribution in [2.45, 2.75) is 10.6 Å². The Balaban J connectivity index is 1.97. The van der Waals surface area contributed by atoms with Crippen molar-refractivity contribution in [1.29, 1.82) is 0 Å². The summed E-state index contributed by atoms with van der Waals surface area (Å²) < 4.78 is 0. The Labute approximate surface area is 119 Å². The molecule has 0 amide bonds. The molecule has 100 valence electrons. The molecule has 0 unspecified atom stereocenters. The number of hydrogen-bond acceptors (Lipinski definition) is 5. The number of aliphatic imine (C=N–C) groups is 1.